The van der Waals surface area contributed by atoms with Gasteiger partial charge in [0.25, 0.3) is 0 Å². The van der Waals surface area contributed by atoms with Crippen molar-refractivity contribution in [3.05, 3.63) is 24.3 Å². The second-order valence-electron chi connectivity index (χ2n) is 6.65. The van der Waals surface area contributed by atoms with Crippen LogP contribution in [0.1, 0.15) is 19.8 Å². The number of hydrogen-bond donors (Lipinski definition) is 2. The molecule has 1 aromatic rings. The number of halogens is 1. The van der Waals surface area contributed by atoms with Crippen LogP contribution >= 0.6 is 24.0 Å². The molecule has 0 amide bonds. The SMILES string of the molecule is CN=C(NCCCCN1CCOCC1)NCC(C)Oc1cccc(OC)c1.I. The average molecular weight is 506 g/mol. The molecule has 1 fully saturated rings. The lowest BCUT2D eigenvalue weighted by Gasteiger charge is -2.26. The van der Waals surface area contributed by atoms with Gasteiger partial charge < -0.3 is 24.8 Å². The van der Waals surface area contributed by atoms with Crippen molar-refractivity contribution < 1.29 is 14.2 Å². The second-order valence-corrected chi connectivity index (χ2v) is 6.65. The maximum absolute atomic E-state index is 5.92. The molecule has 1 unspecified atom stereocenters. The monoisotopic (exact) mass is 506 g/mol. The van der Waals surface area contributed by atoms with E-state index in [1.165, 1.54) is 6.42 Å². The minimum Gasteiger partial charge on any atom is -0.497 e. The third kappa shape index (κ3) is 9.79. The summed E-state index contributed by atoms with van der Waals surface area (Å²) in [5, 5.41) is 6.68. The maximum atomic E-state index is 5.92. The quantitative estimate of drug-likeness (QED) is 0.220. The van der Waals surface area contributed by atoms with Crippen LogP contribution in [0.5, 0.6) is 11.5 Å². The fourth-order valence-corrected chi connectivity index (χ4v) is 2.90. The zero-order valence-electron chi connectivity index (χ0n) is 17.3. The van der Waals surface area contributed by atoms with Crippen molar-refractivity contribution in [3.63, 3.8) is 0 Å². The molecular formula is C20H35IN4O3. The van der Waals surface area contributed by atoms with E-state index in [1.807, 2.05) is 31.2 Å². The van der Waals surface area contributed by atoms with Gasteiger partial charge in [0.1, 0.15) is 17.6 Å². The summed E-state index contributed by atoms with van der Waals surface area (Å²) in [5.41, 5.74) is 0. The van der Waals surface area contributed by atoms with Gasteiger partial charge in [0, 0.05) is 32.7 Å². The summed E-state index contributed by atoms with van der Waals surface area (Å²) in [4.78, 5) is 6.74. The van der Waals surface area contributed by atoms with Crippen molar-refractivity contribution in [2.45, 2.75) is 25.9 Å². The molecular weight excluding hydrogens is 471 g/mol. The fourth-order valence-electron chi connectivity index (χ4n) is 2.90. The van der Waals surface area contributed by atoms with Gasteiger partial charge in [-0.2, -0.15) is 0 Å². The molecule has 1 saturated heterocycles. The number of hydrogen-bond acceptors (Lipinski definition) is 5. The van der Waals surface area contributed by atoms with Crippen molar-refractivity contribution >= 4 is 29.9 Å². The Morgan fingerprint density at radius 1 is 1.21 bits per heavy atom. The lowest BCUT2D eigenvalue weighted by atomic mass is 10.2. The number of nitrogens with one attached hydrogen (secondary N) is 2. The fraction of sp³-hybridized carbons (Fsp3) is 0.650. The standard InChI is InChI=1S/C20H34N4O3.HI/c1-17(27-19-8-6-7-18(15-19)25-3)16-23-20(21-2)22-9-4-5-10-24-11-13-26-14-12-24;/h6-8,15,17H,4-5,9-14,16H2,1-3H3,(H2,21,22,23);1H. The molecule has 0 aromatic heterocycles. The number of methoxy groups -OCH3 is 1. The van der Waals surface area contributed by atoms with Gasteiger partial charge in [-0.3, -0.25) is 9.89 Å². The Bertz CT molecular complexity index is 568. The first kappa shape index (κ1) is 24.8. The van der Waals surface area contributed by atoms with E-state index in [1.54, 1.807) is 14.2 Å². The van der Waals surface area contributed by atoms with E-state index < -0.39 is 0 Å². The summed E-state index contributed by atoms with van der Waals surface area (Å²) in [5.74, 6) is 2.40. The molecule has 1 aliphatic heterocycles. The lowest BCUT2D eigenvalue weighted by Crippen LogP contribution is -2.42. The highest BCUT2D eigenvalue weighted by molar-refractivity contribution is 14.0. The number of ether oxygens (including phenoxy) is 3. The Kier molecular flexibility index (Phi) is 13.0. The van der Waals surface area contributed by atoms with Crippen LogP contribution in [-0.2, 0) is 4.74 Å². The number of guanidine groups is 1. The molecule has 1 aliphatic rings. The molecule has 0 saturated carbocycles. The van der Waals surface area contributed by atoms with Gasteiger partial charge in [0.05, 0.1) is 26.9 Å². The van der Waals surface area contributed by atoms with Crippen molar-refractivity contribution in [1.82, 2.24) is 15.5 Å². The predicted octanol–water partition coefficient (Wildman–Crippen LogP) is 2.36. The van der Waals surface area contributed by atoms with Crippen molar-refractivity contribution in [3.8, 4) is 11.5 Å². The second kappa shape index (κ2) is 14.7. The summed E-state index contributed by atoms with van der Waals surface area (Å²) in [6.07, 6.45) is 2.31. The lowest BCUT2D eigenvalue weighted by molar-refractivity contribution is 0.0372. The summed E-state index contributed by atoms with van der Waals surface area (Å²) in [7, 11) is 3.44. The Labute approximate surface area is 186 Å². The summed E-state index contributed by atoms with van der Waals surface area (Å²) >= 11 is 0. The molecule has 0 bridgehead atoms. The van der Waals surface area contributed by atoms with Gasteiger partial charge in [-0.25, -0.2) is 0 Å². The van der Waals surface area contributed by atoms with Crippen LogP contribution in [0.25, 0.3) is 0 Å². The Morgan fingerprint density at radius 2 is 1.96 bits per heavy atom. The maximum Gasteiger partial charge on any atom is 0.191 e. The van der Waals surface area contributed by atoms with Crippen LogP contribution in [0.15, 0.2) is 29.3 Å². The van der Waals surface area contributed by atoms with Crippen LogP contribution in [0.3, 0.4) is 0 Å². The molecule has 1 aromatic carbocycles. The highest BCUT2D eigenvalue weighted by Crippen LogP contribution is 2.19. The summed E-state index contributed by atoms with van der Waals surface area (Å²) in [6, 6.07) is 7.64. The van der Waals surface area contributed by atoms with Crippen LogP contribution in [0, 0.1) is 0 Å². The number of benzene rings is 1. The van der Waals surface area contributed by atoms with Crippen LogP contribution < -0.4 is 20.1 Å². The molecule has 7 nitrogen and oxygen atoms in total. The smallest absolute Gasteiger partial charge is 0.191 e. The summed E-state index contributed by atoms with van der Waals surface area (Å²) in [6.45, 7) is 8.60. The largest absolute Gasteiger partial charge is 0.497 e. The Balaban J connectivity index is 0.00000392. The first-order chi connectivity index (χ1) is 13.2. The molecule has 0 spiro atoms. The topological polar surface area (TPSA) is 67.4 Å². The van der Waals surface area contributed by atoms with Gasteiger partial charge in [0.2, 0.25) is 0 Å². The Morgan fingerprint density at radius 3 is 2.68 bits per heavy atom. The van der Waals surface area contributed by atoms with Gasteiger partial charge in [-0.1, -0.05) is 6.07 Å². The third-order valence-electron chi connectivity index (χ3n) is 4.46. The molecule has 1 atom stereocenters. The number of rotatable bonds is 10. The van der Waals surface area contributed by atoms with Gasteiger partial charge in [0.15, 0.2) is 5.96 Å². The van der Waals surface area contributed by atoms with E-state index in [2.05, 4.69) is 20.5 Å². The van der Waals surface area contributed by atoms with E-state index in [0.29, 0.717) is 6.54 Å². The van der Waals surface area contributed by atoms with Crippen molar-refractivity contribution in [1.29, 1.82) is 0 Å². The number of unbranched alkanes of at least 4 members (excludes halogenated alkanes) is 1. The number of aliphatic imine (C=N–C) groups is 1. The zero-order valence-corrected chi connectivity index (χ0v) is 19.6. The molecule has 160 valence electrons. The normalized spacial score (nSPS) is 16.0. The van der Waals surface area contributed by atoms with E-state index in [9.17, 15) is 0 Å². The zero-order chi connectivity index (χ0) is 19.3. The number of morpholine rings is 1. The van der Waals surface area contributed by atoms with Gasteiger partial charge in [-0.15, -0.1) is 24.0 Å². The van der Waals surface area contributed by atoms with Crippen molar-refractivity contribution in [2.24, 2.45) is 4.99 Å². The minimum absolute atomic E-state index is 0. The molecule has 0 radical (unpaired) electrons. The van der Waals surface area contributed by atoms with E-state index >= 15 is 0 Å². The number of nitrogens with zero attached hydrogens (tertiary/aromatic N) is 2. The Hall–Kier alpha value is -1.26. The predicted molar refractivity (Wildman–Crippen MR) is 124 cm³/mol. The van der Waals surface area contributed by atoms with Crippen LogP contribution in [-0.4, -0.2) is 77.1 Å². The first-order valence-electron chi connectivity index (χ1n) is 9.76. The highest BCUT2D eigenvalue weighted by atomic mass is 127. The molecule has 1 heterocycles. The molecule has 28 heavy (non-hydrogen) atoms. The van der Waals surface area contributed by atoms with Crippen molar-refractivity contribution in [2.75, 3.05) is 60.1 Å². The molecule has 8 heteroatoms. The van der Waals surface area contributed by atoms with E-state index in [0.717, 1.165) is 63.3 Å². The first-order valence-corrected chi connectivity index (χ1v) is 9.76. The molecule has 2 N–H and O–H groups in total. The van der Waals surface area contributed by atoms with Gasteiger partial charge in [-0.05, 0) is 38.4 Å². The minimum atomic E-state index is 0. The molecule has 2 rings (SSSR count). The van der Waals surface area contributed by atoms with Crippen LogP contribution in [0.4, 0.5) is 0 Å². The summed E-state index contributed by atoms with van der Waals surface area (Å²) < 4.78 is 16.5. The van der Waals surface area contributed by atoms with E-state index in [-0.39, 0.29) is 30.1 Å². The van der Waals surface area contributed by atoms with E-state index in [4.69, 9.17) is 14.2 Å². The highest BCUT2D eigenvalue weighted by Gasteiger charge is 2.09. The molecule has 0 aliphatic carbocycles. The average Bonchev–Trinajstić information content (AvgIpc) is 2.71. The van der Waals surface area contributed by atoms with Gasteiger partial charge >= 0.3 is 0 Å². The van der Waals surface area contributed by atoms with Crippen LogP contribution in [0.2, 0.25) is 0 Å². The third-order valence-corrected chi connectivity index (χ3v) is 4.46.